The molecule has 0 aliphatic carbocycles. The van der Waals surface area contributed by atoms with Gasteiger partial charge in [-0.1, -0.05) is 35.7 Å². The maximum Gasteiger partial charge on any atom is 0.216 e. The van der Waals surface area contributed by atoms with Crippen LogP contribution < -0.4 is 4.74 Å². The number of halogens is 1. The number of ether oxygens (including phenoxy) is 1. The number of nitrogens with zero attached hydrogens (tertiary/aromatic N) is 4. The van der Waals surface area contributed by atoms with Crippen molar-refractivity contribution in [1.29, 1.82) is 5.41 Å². The van der Waals surface area contributed by atoms with Gasteiger partial charge in [0.2, 0.25) is 5.88 Å². The molecule has 2 unspecified atom stereocenters. The van der Waals surface area contributed by atoms with E-state index < -0.39 is 5.41 Å². The molecule has 0 bridgehead atoms. The maximum absolute atomic E-state index is 14.1. The van der Waals surface area contributed by atoms with Gasteiger partial charge in [-0.05, 0) is 37.5 Å². The van der Waals surface area contributed by atoms with E-state index in [2.05, 4.69) is 37.5 Å². The van der Waals surface area contributed by atoms with Crippen LogP contribution in [0.4, 0.5) is 4.39 Å². The van der Waals surface area contributed by atoms with Crippen LogP contribution >= 0.6 is 9.24 Å². The van der Waals surface area contributed by atoms with Crippen molar-refractivity contribution in [3.8, 4) is 5.88 Å². The van der Waals surface area contributed by atoms with E-state index in [4.69, 9.17) is 10.1 Å². The molecule has 8 heteroatoms. The first-order valence-corrected chi connectivity index (χ1v) is 11.6. The Morgan fingerprint density at radius 3 is 2.79 bits per heavy atom. The Labute approximate surface area is 196 Å². The molecule has 3 aromatic heterocycles. The van der Waals surface area contributed by atoms with Crippen LogP contribution in [-0.2, 0) is 6.54 Å². The lowest BCUT2D eigenvalue weighted by atomic mass is 9.92. The predicted octanol–water partition coefficient (Wildman–Crippen LogP) is 5.76. The summed E-state index contributed by atoms with van der Waals surface area (Å²) in [5.41, 5.74) is 4.21. The molecule has 6 nitrogen and oxygen atoms in total. The van der Waals surface area contributed by atoms with Crippen LogP contribution in [0.15, 0.2) is 50.0 Å². The third kappa shape index (κ3) is 5.72. The fourth-order valence-electron chi connectivity index (χ4n) is 3.49. The van der Waals surface area contributed by atoms with Gasteiger partial charge in [-0.2, -0.15) is 5.10 Å². The summed E-state index contributed by atoms with van der Waals surface area (Å²) < 4.78 is 21.5. The number of hydrogen-bond acceptors (Lipinski definition) is 5. The monoisotopic (exact) mass is 467 g/mol. The minimum Gasteiger partial charge on any atom is -0.474 e. The normalized spacial score (nSPS) is 14.0. The first kappa shape index (κ1) is 24.7. The summed E-state index contributed by atoms with van der Waals surface area (Å²) >= 11 is 0. The SMILES string of the molecule is C=C[C@@H](CC)C(=N)C(=C)c1nccc2nn(Cc3cnc(OCC(F)(P)CC)c(C)c3)cc12. The number of aromatic nitrogens is 4. The van der Waals surface area contributed by atoms with Crippen molar-refractivity contribution in [3.05, 3.63) is 66.8 Å². The zero-order valence-corrected chi connectivity index (χ0v) is 20.6. The minimum atomic E-state index is -1.46. The summed E-state index contributed by atoms with van der Waals surface area (Å²) in [5, 5.41) is 12.5. The van der Waals surface area contributed by atoms with Crippen LogP contribution in [0, 0.1) is 18.3 Å². The molecule has 1 N–H and O–H groups in total. The lowest BCUT2D eigenvalue weighted by molar-refractivity contribution is 0.157. The largest absolute Gasteiger partial charge is 0.474 e. The average molecular weight is 468 g/mol. The summed E-state index contributed by atoms with van der Waals surface area (Å²) in [6, 6.07) is 3.81. The smallest absolute Gasteiger partial charge is 0.216 e. The molecular formula is C25H31FN5OP. The summed E-state index contributed by atoms with van der Waals surface area (Å²) in [5.74, 6) is 0.363. The second-order valence-electron chi connectivity index (χ2n) is 8.20. The minimum absolute atomic E-state index is 0.0642. The van der Waals surface area contributed by atoms with Crippen molar-refractivity contribution in [2.75, 3.05) is 6.61 Å². The van der Waals surface area contributed by atoms with Crippen LogP contribution in [0.2, 0.25) is 0 Å². The van der Waals surface area contributed by atoms with E-state index in [0.717, 1.165) is 28.5 Å². The van der Waals surface area contributed by atoms with Crippen LogP contribution in [0.3, 0.4) is 0 Å². The van der Waals surface area contributed by atoms with E-state index in [9.17, 15) is 4.39 Å². The standard InChI is InChI=1S/C25H31FN5OP/c1-6-19(7-2)22(27)17(5)23-20-14-31(30-21(20)9-10-28-23)13-18-11-16(4)24(29-12-18)32-15-25(26,33)8-3/h6,9-12,14,19,27H,1,5,7-8,13,15,33H2,2-4H3/t19-,25?/m0/s1. The molecule has 3 atom stereocenters. The van der Waals surface area contributed by atoms with Crippen LogP contribution in [0.1, 0.15) is 43.5 Å². The molecule has 3 heterocycles. The molecule has 33 heavy (non-hydrogen) atoms. The molecule has 0 aliphatic heterocycles. The second kappa shape index (κ2) is 10.3. The number of allylic oxidation sites excluding steroid dienone is 2. The third-order valence-corrected chi connectivity index (χ3v) is 6.23. The maximum atomic E-state index is 14.1. The van der Waals surface area contributed by atoms with Crippen molar-refractivity contribution in [3.63, 3.8) is 0 Å². The lowest BCUT2D eigenvalue weighted by Gasteiger charge is -2.19. The molecule has 0 saturated heterocycles. The molecule has 0 aliphatic rings. The summed E-state index contributed by atoms with van der Waals surface area (Å²) in [7, 11) is 2.19. The van der Waals surface area contributed by atoms with Gasteiger partial charge in [-0.15, -0.1) is 6.58 Å². The molecule has 174 valence electrons. The number of rotatable bonds is 11. The van der Waals surface area contributed by atoms with E-state index in [1.165, 1.54) is 0 Å². The summed E-state index contributed by atoms with van der Waals surface area (Å²) in [6.45, 7) is 14.1. The van der Waals surface area contributed by atoms with Gasteiger partial charge < -0.3 is 10.1 Å². The fourth-order valence-corrected chi connectivity index (χ4v) is 3.57. The fraction of sp³-hybridized carbons (Fsp3) is 0.360. The predicted molar refractivity (Wildman–Crippen MR) is 136 cm³/mol. The Balaban J connectivity index is 1.81. The Morgan fingerprint density at radius 1 is 1.39 bits per heavy atom. The Kier molecular flexibility index (Phi) is 7.75. The zero-order valence-electron chi connectivity index (χ0n) is 19.4. The Hall–Kier alpha value is -2.92. The number of alkyl halides is 1. The highest BCUT2D eigenvalue weighted by Crippen LogP contribution is 2.27. The van der Waals surface area contributed by atoms with Gasteiger partial charge in [-0.25, -0.2) is 9.37 Å². The van der Waals surface area contributed by atoms with Crippen LogP contribution in [0.5, 0.6) is 5.88 Å². The van der Waals surface area contributed by atoms with Gasteiger partial charge in [-0.3, -0.25) is 9.67 Å². The number of hydrogen-bond donors (Lipinski definition) is 1. The van der Waals surface area contributed by atoms with Gasteiger partial charge in [0.1, 0.15) is 6.61 Å². The van der Waals surface area contributed by atoms with Gasteiger partial charge in [0.25, 0.3) is 0 Å². The highest BCUT2D eigenvalue weighted by atomic mass is 31.0. The number of pyridine rings is 2. The van der Waals surface area contributed by atoms with Crippen molar-refractivity contribution in [1.82, 2.24) is 19.7 Å². The molecule has 0 saturated carbocycles. The molecule has 3 rings (SSSR count). The Bertz CT molecular complexity index is 1190. The number of aryl methyl sites for hydroxylation is 1. The molecule has 0 fully saturated rings. The van der Waals surface area contributed by atoms with Crippen molar-refractivity contribution in [2.24, 2.45) is 5.92 Å². The molecule has 0 spiro atoms. The van der Waals surface area contributed by atoms with Crippen molar-refractivity contribution in [2.45, 2.75) is 45.6 Å². The van der Waals surface area contributed by atoms with E-state index >= 15 is 0 Å². The quantitative estimate of drug-likeness (QED) is 0.221. The van der Waals surface area contributed by atoms with Gasteiger partial charge in [0.15, 0.2) is 5.41 Å². The van der Waals surface area contributed by atoms with E-state index in [0.29, 0.717) is 35.8 Å². The molecule has 0 aromatic carbocycles. The summed E-state index contributed by atoms with van der Waals surface area (Å²) in [6.07, 6.45) is 8.22. The van der Waals surface area contributed by atoms with Gasteiger partial charge in [0, 0.05) is 46.7 Å². The molecular weight excluding hydrogens is 436 g/mol. The van der Waals surface area contributed by atoms with Crippen molar-refractivity contribution < 1.29 is 9.13 Å². The molecule has 0 amide bonds. The zero-order chi connectivity index (χ0) is 24.2. The average Bonchev–Trinajstić information content (AvgIpc) is 3.21. The molecule has 0 radical (unpaired) electrons. The highest BCUT2D eigenvalue weighted by molar-refractivity contribution is 7.18. The van der Waals surface area contributed by atoms with Crippen molar-refractivity contribution >= 4 is 31.4 Å². The van der Waals surface area contributed by atoms with Gasteiger partial charge in [0.05, 0.1) is 17.8 Å². The Morgan fingerprint density at radius 2 is 2.15 bits per heavy atom. The molecule has 3 aromatic rings. The third-order valence-electron chi connectivity index (χ3n) is 5.66. The topological polar surface area (TPSA) is 76.7 Å². The van der Waals surface area contributed by atoms with Crippen LogP contribution in [-0.4, -0.2) is 37.5 Å². The van der Waals surface area contributed by atoms with E-state index in [-0.39, 0.29) is 12.5 Å². The summed E-state index contributed by atoms with van der Waals surface area (Å²) in [4.78, 5) is 8.85. The van der Waals surface area contributed by atoms with E-state index in [1.54, 1.807) is 25.4 Å². The first-order valence-electron chi connectivity index (χ1n) is 11.0. The number of fused-ring (bicyclic) bond motifs is 1. The van der Waals surface area contributed by atoms with Crippen LogP contribution in [0.25, 0.3) is 16.5 Å². The highest BCUT2D eigenvalue weighted by Gasteiger charge is 2.22. The first-order chi connectivity index (χ1) is 15.7. The number of nitrogens with one attached hydrogen (secondary N) is 1. The van der Waals surface area contributed by atoms with Gasteiger partial charge >= 0.3 is 0 Å². The van der Waals surface area contributed by atoms with E-state index in [1.807, 2.05) is 36.9 Å². The lowest BCUT2D eigenvalue weighted by Crippen LogP contribution is -2.23. The second-order valence-corrected chi connectivity index (χ2v) is 9.24.